The van der Waals surface area contributed by atoms with Crippen molar-refractivity contribution in [1.29, 1.82) is 0 Å². The topological polar surface area (TPSA) is 37.4 Å². The van der Waals surface area contributed by atoms with Gasteiger partial charge in [-0.1, -0.05) is 27.7 Å². The number of hydrogen-bond donors (Lipinski definition) is 0. The van der Waals surface area contributed by atoms with Crippen LogP contribution in [0.2, 0.25) is 0 Å². The summed E-state index contributed by atoms with van der Waals surface area (Å²) in [6.45, 7) is 9.61. The smallest absolute Gasteiger partial charge is 0.212 e. The molecule has 104 valence electrons. The lowest BCUT2D eigenvalue weighted by Crippen LogP contribution is -2.36. The van der Waals surface area contributed by atoms with Gasteiger partial charge in [0.1, 0.15) is 0 Å². The van der Waals surface area contributed by atoms with Gasteiger partial charge in [0.25, 0.3) is 0 Å². The van der Waals surface area contributed by atoms with Crippen molar-refractivity contribution in [2.45, 2.75) is 47.0 Å². The molecule has 0 aromatic carbocycles. The maximum atomic E-state index is 12.1. The highest BCUT2D eigenvalue weighted by atomic mass is 35.5. The van der Waals surface area contributed by atoms with Crippen LogP contribution in [0.25, 0.3) is 0 Å². The van der Waals surface area contributed by atoms with Crippen LogP contribution in [0, 0.1) is 5.41 Å². The van der Waals surface area contributed by atoms with Crippen molar-refractivity contribution >= 4 is 21.6 Å². The second-order valence-corrected chi connectivity index (χ2v) is 8.03. The van der Waals surface area contributed by atoms with Gasteiger partial charge in [0.05, 0.1) is 5.75 Å². The van der Waals surface area contributed by atoms with Gasteiger partial charge in [-0.15, -0.1) is 11.6 Å². The van der Waals surface area contributed by atoms with E-state index in [-0.39, 0.29) is 11.2 Å². The minimum Gasteiger partial charge on any atom is -0.212 e. The summed E-state index contributed by atoms with van der Waals surface area (Å²) in [5, 5.41) is 0. The maximum absolute atomic E-state index is 12.1. The highest BCUT2D eigenvalue weighted by Gasteiger charge is 2.22. The molecule has 17 heavy (non-hydrogen) atoms. The Labute approximate surface area is 112 Å². The monoisotopic (exact) mass is 283 g/mol. The van der Waals surface area contributed by atoms with E-state index in [0.717, 1.165) is 12.8 Å². The van der Waals surface area contributed by atoms with Crippen molar-refractivity contribution in [3.63, 3.8) is 0 Å². The highest BCUT2D eigenvalue weighted by Crippen LogP contribution is 2.20. The van der Waals surface area contributed by atoms with Crippen LogP contribution in [0.15, 0.2) is 0 Å². The molecular weight excluding hydrogens is 258 g/mol. The van der Waals surface area contributed by atoms with Gasteiger partial charge in [-0.05, 0) is 24.7 Å². The van der Waals surface area contributed by atoms with Gasteiger partial charge in [-0.3, -0.25) is 0 Å². The third-order valence-corrected chi connectivity index (χ3v) is 4.74. The average Bonchev–Trinajstić information content (AvgIpc) is 2.19. The van der Waals surface area contributed by atoms with Crippen molar-refractivity contribution < 1.29 is 8.42 Å². The third-order valence-electron chi connectivity index (χ3n) is 2.51. The molecule has 0 rings (SSSR count). The van der Waals surface area contributed by atoms with Crippen LogP contribution in [0.5, 0.6) is 0 Å². The van der Waals surface area contributed by atoms with E-state index in [1.54, 1.807) is 4.31 Å². The highest BCUT2D eigenvalue weighted by molar-refractivity contribution is 7.89. The lowest BCUT2D eigenvalue weighted by Gasteiger charge is -2.26. The van der Waals surface area contributed by atoms with Crippen LogP contribution >= 0.6 is 11.6 Å². The molecule has 0 aliphatic carbocycles. The normalized spacial score (nSPS) is 13.3. The summed E-state index contributed by atoms with van der Waals surface area (Å²) in [6, 6.07) is 0. The van der Waals surface area contributed by atoms with Crippen LogP contribution in [-0.4, -0.2) is 37.4 Å². The van der Waals surface area contributed by atoms with Crippen molar-refractivity contribution in [2.24, 2.45) is 5.41 Å². The lowest BCUT2D eigenvalue weighted by atomic mass is 9.92. The van der Waals surface area contributed by atoms with E-state index in [1.807, 2.05) is 6.92 Å². The molecule has 0 unspecified atom stereocenters. The zero-order chi connectivity index (χ0) is 13.5. The number of halogens is 1. The molecule has 0 heterocycles. The molecule has 0 saturated heterocycles. The van der Waals surface area contributed by atoms with Crippen LogP contribution in [0.3, 0.4) is 0 Å². The van der Waals surface area contributed by atoms with Crippen LogP contribution in [0.4, 0.5) is 0 Å². The second kappa shape index (κ2) is 7.59. The van der Waals surface area contributed by atoms with Crippen molar-refractivity contribution in [1.82, 2.24) is 4.31 Å². The molecule has 0 N–H and O–H groups in total. The van der Waals surface area contributed by atoms with Crippen molar-refractivity contribution in [2.75, 3.05) is 24.7 Å². The molecule has 0 aromatic heterocycles. The van der Waals surface area contributed by atoms with E-state index in [2.05, 4.69) is 20.8 Å². The number of rotatable bonds is 8. The molecular formula is C12H26ClNO2S. The SMILES string of the molecule is CCCN(CCC(C)(C)C)S(=O)(=O)CCCCl. The molecule has 0 spiro atoms. The van der Waals surface area contributed by atoms with E-state index in [0.29, 0.717) is 25.4 Å². The minimum atomic E-state index is -3.12. The number of nitrogens with zero attached hydrogens (tertiary/aromatic N) is 1. The van der Waals surface area contributed by atoms with E-state index in [9.17, 15) is 8.42 Å². The van der Waals surface area contributed by atoms with Gasteiger partial charge in [0.15, 0.2) is 0 Å². The Balaban J connectivity index is 4.50. The average molecular weight is 284 g/mol. The summed E-state index contributed by atoms with van der Waals surface area (Å²) in [4.78, 5) is 0. The number of sulfonamides is 1. The molecule has 5 heteroatoms. The Hall–Kier alpha value is 0.200. The van der Waals surface area contributed by atoms with E-state index < -0.39 is 10.0 Å². The lowest BCUT2D eigenvalue weighted by molar-refractivity contribution is 0.310. The first kappa shape index (κ1) is 17.2. The summed E-state index contributed by atoms with van der Waals surface area (Å²) in [6.07, 6.45) is 2.26. The molecule has 0 amide bonds. The first-order valence-corrected chi connectivity index (χ1v) is 8.41. The summed E-state index contributed by atoms with van der Waals surface area (Å²) in [7, 11) is -3.12. The molecule has 0 radical (unpaired) electrons. The van der Waals surface area contributed by atoms with Gasteiger partial charge in [0, 0.05) is 19.0 Å². The molecule has 0 aromatic rings. The van der Waals surface area contributed by atoms with Crippen molar-refractivity contribution in [3.8, 4) is 0 Å². The standard InChI is InChI=1S/C12H26ClNO2S/c1-5-9-14(10-7-12(2,3)4)17(15,16)11-6-8-13/h5-11H2,1-4H3. The zero-order valence-electron chi connectivity index (χ0n) is 11.5. The summed E-state index contributed by atoms with van der Waals surface area (Å²) in [5.74, 6) is 0.569. The Kier molecular flexibility index (Phi) is 7.68. The molecule has 0 bridgehead atoms. The second-order valence-electron chi connectivity index (χ2n) is 5.57. The molecule has 0 saturated carbocycles. The fourth-order valence-corrected chi connectivity index (χ4v) is 3.36. The van der Waals surface area contributed by atoms with Gasteiger partial charge in [0.2, 0.25) is 10.0 Å². The zero-order valence-corrected chi connectivity index (χ0v) is 13.1. The van der Waals surface area contributed by atoms with Gasteiger partial charge in [-0.2, -0.15) is 0 Å². The molecule has 3 nitrogen and oxygen atoms in total. The fourth-order valence-electron chi connectivity index (χ4n) is 1.47. The van der Waals surface area contributed by atoms with Gasteiger partial charge in [-0.25, -0.2) is 12.7 Å². The quantitative estimate of drug-likeness (QED) is 0.642. The predicted molar refractivity (Wildman–Crippen MR) is 75.1 cm³/mol. The number of alkyl halides is 1. The van der Waals surface area contributed by atoms with Crippen LogP contribution in [0.1, 0.15) is 47.0 Å². The minimum absolute atomic E-state index is 0.161. The van der Waals surface area contributed by atoms with E-state index in [4.69, 9.17) is 11.6 Å². The first-order chi connectivity index (χ1) is 7.73. The predicted octanol–water partition coefficient (Wildman–Crippen LogP) is 3.09. The summed E-state index contributed by atoms with van der Waals surface area (Å²) >= 11 is 5.56. The molecule has 0 aliphatic rings. The van der Waals surface area contributed by atoms with Crippen LogP contribution in [-0.2, 0) is 10.0 Å². The Bertz CT molecular complexity index is 296. The van der Waals surface area contributed by atoms with Crippen LogP contribution < -0.4 is 0 Å². The first-order valence-electron chi connectivity index (χ1n) is 6.26. The molecule has 0 aliphatic heterocycles. The van der Waals surface area contributed by atoms with Gasteiger partial charge >= 0.3 is 0 Å². The van der Waals surface area contributed by atoms with Gasteiger partial charge < -0.3 is 0 Å². The molecule has 0 atom stereocenters. The van der Waals surface area contributed by atoms with Crippen molar-refractivity contribution in [3.05, 3.63) is 0 Å². The Morgan fingerprint density at radius 1 is 1.18 bits per heavy atom. The maximum Gasteiger partial charge on any atom is 0.214 e. The summed E-state index contributed by atoms with van der Waals surface area (Å²) in [5.41, 5.74) is 0.161. The van der Waals surface area contributed by atoms with E-state index in [1.165, 1.54) is 0 Å². The third kappa shape index (κ3) is 8.01. The summed E-state index contributed by atoms with van der Waals surface area (Å²) < 4.78 is 25.7. The van der Waals surface area contributed by atoms with E-state index >= 15 is 0 Å². The number of hydrogen-bond acceptors (Lipinski definition) is 2. The largest absolute Gasteiger partial charge is 0.214 e. The Morgan fingerprint density at radius 2 is 1.76 bits per heavy atom. The fraction of sp³-hybridized carbons (Fsp3) is 1.00. The molecule has 0 fully saturated rings. The Morgan fingerprint density at radius 3 is 2.18 bits per heavy atom.